The van der Waals surface area contributed by atoms with Crippen LogP contribution in [0.15, 0.2) is 72.1 Å². The van der Waals surface area contributed by atoms with Crippen molar-refractivity contribution in [2.75, 3.05) is 7.11 Å². The Hall–Kier alpha value is -3.58. The first-order chi connectivity index (χ1) is 18.6. The standard InChI is InChI=1S/C31H33N3O3S/c1-37-25-16-15-22-18-28-29(35)34(20-26-14-9-17-38-26)31(21-33(28)27(22)19-25,23-10-5-4-6-11-23)30(36)32-24-12-7-2-3-8-13-24/h4-6,9-11,14-19,24H,2-3,7-8,12-13,20-21H2,1H3,(H,32,36)/t31-/m1/s1. The monoisotopic (exact) mass is 527 g/mol. The van der Waals surface area contributed by atoms with Crippen molar-refractivity contribution in [1.82, 2.24) is 14.8 Å². The number of hydrogen-bond donors (Lipinski definition) is 1. The minimum absolute atomic E-state index is 0.101. The maximum absolute atomic E-state index is 14.6. The number of thiophene rings is 1. The molecule has 0 radical (unpaired) electrons. The van der Waals surface area contributed by atoms with Gasteiger partial charge in [-0.2, -0.15) is 0 Å². The topological polar surface area (TPSA) is 63.6 Å². The third kappa shape index (κ3) is 4.29. The fourth-order valence-corrected chi connectivity index (χ4v) is 6.81. The number of nitrogens with zero attached hydrogens (tertiary/aromatic N) is 2. The molecule has 2 aromatic carbocycles. The van der Waals surface area contributed by atoms with Gasteiger partial charge in [-0.3, -0.25) is 9.59 Å². The molecule has 2 aromatic heterocycles. The van der Waals surface area contributed by atoms with E-state index in [2.05, 4.69) is 5.32 Å². The number of carbonyl (C=O) groups excluding carboxylic acids is 2. The minimum atomic E-state index is -1.20. The zero-order valence-corrected chi connectivity index (χ0v) is 22.5. The second-order valence-corrected chi connectivity index (χ2v) is 11.4. The highest BCUT2D eigenvalue weighted by Gasteiger charge is 2.53. The summed E-state index contributed by atoms with van der Waals surface area (Å²) < 4.78 is 7.53. The lowest BCUT2D eigenvalue weighted by atomic mass is 9.83. The summed E-state index contributed by atoms with van der Waals surface area (Å²) in [5.41, 5.74) is 1.12. The van der Waals surface area contributed by atoms with E-state index in [0.717, 1.165) is 52.8 Å². The van der Waals surface area contributed by atoms with Crippen molar-refractivity contribution in [2.45, 2.75) is 63.2 Å². The van der Waals surface area contributed by atoms with Gasteiger partial charge in [0.1, 0.15) is 11.4 Å². The molecule has 4 aromatic rings. The van der Waals surface area contributed by atoms with Crippen LogP contribution >= 0.6 is 11.3 Å². The molecular formula is C31H33N3O3S. The van der Waals surface area contributed by atoms with Crippen LogP contribution in [0.1, 0.15) is 59.5 Å². The van der Waals surface area contributed by atoms with Crippen molar-refractivity contribution in [3.05, 3.63) is 88.2 Å². The van der Waals surface area contributed by atoms with Crippen molar-refractivity contribution in [2.24, 2.45) is 0 Å². The third-order valence-corrected chi connectivity index (χ3v) is 9.00. The Balaban J connectivity index is 1.53. The molecular weight excluding hydrogens is 494 g/mol. The van der Waals surface area contributed by atoms with Gasteiger partial charge in [0.25, 0.3) is 11.8 Å². The van der Waals surface area contributed by atoms with E-state index in [4.69, 9.17) is 4.74 Å². The largest absolute Gasteiger partial charge is 0.497 e. The van der Waals surface area contributed by atoms with Crippen LogP contribution in [0.4, 0.5) is 0 Å². The number of aromatic nitrogens is 1. The van der Waals surface area contributed by atoms with E-state index >= 15 is 0 Å². The lowest BCUT2D eigenvalue weighted by Crippen LogP contribution is -2.63. The molecule has 1 aliphatic carbocycles. The molecule has 0 bridgehead atoms. The molecule has 1 atom stereocenters. The van der Waals surface area contributed by atoms with Crippen molar-refractivity contribution >= 4 is 34.1 Å². The van der Waals surface area contributed by atoms with E-state index in [1.54, 1.807) is 18.4 Å². The number of fused-ring (bicyclic) bond motifs is 3. The Morgan fingerprint density at radius 1 is 1.03 bits per heavy atom. The Morgan fingerprint density at radius 2 is 1.82 bits per heavy atom. The second-order valence-electron chi connectivity index (χ2n) is 10.4. The van der Waals surface area contributed by atoms with E-state index < -0.39 is 5.54 Å². The van der Waals surface area contributed by atoms with Crippen LogP contribution in [0.2, 0.25) is 0 Å². The number of methoxy groups -OCH3 is 1. The lowest BCUT2D eigenvalue weighted by molar-refractivity contribution is -0.136. The molecule has 7 heteroatoms. The van der Waals surface area contributed by atoms with Gasteiger partial charge < -0.3 is 19.5 Å². The van der Waals surface area contributed by atoms with Crippen molar-refractivity contribution in [1.29, 1.82) is 0 Å². The number of hydrogen-bond acceptors (Lipinski definition) is 4. The summed E-state index contributed by atoms with van der Waals surface area (Å²) in [4.78, 5) is 31.9. The fraction of sp³-hybridized carbons (Fsp3) is 0.355. The Morgan fingerprint density at radius 3 is 2.53 bits per heavy atom. The normalized spacial score (nSPS) is 20.2. The van der Waals surface area contributed by atoms with Gasteiger partial charge in [0.2, 0.25) is 0 Å². The molecule has 1 fully saturated rings. The average Bonchev–Trinajstić information content (AvgIpc) is 3.51. The highest BCUT2D eigenvalue weighted by molar-refractivity contribution is 7.09. The van der Waals surface area contributed by atoms with Crippen LogP contribution < -0.4 is 10.1 Å². The summed E-state index contributed by atoms with van der Waals surface area (Å²) in [5, 5.41) is 6.40. The van der Waals surface area contributed by atoms with E-state index in [9.17, 15) is 9.59 Å². The number of carbonyl (C=O) groups is 2. The average molecular weight is 528 g/mol. The molecule has 2 aliphatic rings. The van der Waals surface area contributed by atoms with E-state index in [0.29, 0.717) is 18.8 Å². The molecule has 1 saturated carbocycles. The lowest BCUT2D eigenvalue weighted by Gasteiger charge is -2.47. The molecule has 1 aliphatic heterocycles. The first-order valence-corrected chi connectivity index (χ1v) is 14.4. The summed E-state index contributed by atoms with van der Waals surface area (Å²) in [7, 11) is 1.64. The van der Waals surface area contributed by atoms with Gasteiger partial charge in [-0.15, -0.1) is 11.3 Å². The molecule has 6 rings (SSSR count). The molecule has 3 heterocycles. The van der Waals surface area contributed by atoms with E-state index in [1.807, 2.05) is 81.6 Å². The van der Waals surface area contributed by atoms with Gasteiger partial charge in [0.15, 0.2) is 5.54 Å². The Labute approximate surface area is 227 Å². The SMILES string of the molecule is COc1ccc2cc3n(c2c1)C[C@](C(=O)NC1CCCCCC1)(c1ccccc1)N(Cc1cccs1)C3=O. The summed E-state index contributed by atoms with van der Waals surface area (Å²) in [6, 6.07) is 21.8. The predicted octanol–water partition coefficient (Wildman–Crippen LogP) is 6.10. The highest BCUT2D eigenvalue weighted by atomic mass is 32.1. The van der Waals surface area contributed by atoms with Gasteiger partial charge in [0.05, 0.1) is 25.7 Å². The predicted molar refractivity (Wildman–Crippen MR) is 150 cm³/mol. The molecule has 0 unspecified atom stereocenters. The van der Waals surface area contributed by atoms with E-state index in [-0.39, 0.29) is 17.9 Å². The summed E-state index contributed by atoms with van der Waals surface area (Å²) in [6.45, 7) is 0.701. The summed E-state index contributed by atoms with van der Waals surface area (Å²) in [6.07, 6.45) is 6.61. The van der Waals surface area contributed by atoms with Gasteiger partial charge in [-0.05, 0) is 48.1 Å². The molecule has 0 spiro atoms. The number of ether oxygens (including phenoxy) is 1. The van der Waals surface area contributed by atoms with Crippen molar-refractivity contribution < 1.29 is 14.3 Å². The zero-order chi connectivity index (χ0) is 26.1. The van der Waals surface area contributed by atoms with Crippen LogP contribution in [-0.4, -0.2) is 34.4 Å². The Bertz CT molecular complexity index is 1440. The van der Waals surface area contributed by atoms with Gasteiger partial charge in [-0.1, -0.05) is 62.1 Å². The maximum atomic E-state index is 14.6. The molecule has 38 heavy (non-hydrogen) atoms. The molecule has 2 amide bonds. The summed E-state index contributed by atoms with van der Waals surface area (Å²) >= 11 is 1.61. The van der Waals surface area contributed by atoms with Gasteiger partial charge >= 0.3 is 0 Å². The quantitative estimate of drug-likeness (QED) is 0.308. The third-order valence-electron chi connectivity index (χ3n) is 8.13. The van der Waals surface area contributed by atoms with Crippen molar-refractivity contribution in [3.8, 4) is 5.75 Å². The number of rotatable bonds is 6. The number of amides is 2. The first-order valence-electron chi connectivity index (χ1n) is 13.5. The minimum Gasteiger partial charge on any atom is -0.497 e. The smallest absolute Gasteiger partial charge is 0.272 e. The molecule has 196 valence electrons. The van der Waals surface area contributed by atoms with Gasteiger partial charge in [0, 0.05) is 22.4 Å². The van der Waals surface area contributed by atoms with Crippen molar-refractivity contribution in [3.63, 3.8) is 0 Å². The number of nitrogens with one attached hydrogen (secondary N) is 1. The second kappa shape index (κ2) is 10.3. The van der Waals surface area contributed by atoms with Crippen LogP contribution in [0, 0.1) is 0 Å². The highest BCUT2D eigenvalue weighted by Crippen LogP contribution is 2.41. The fourth-order valence-electron chi connectivity index (χ4n) is 6.11. The van der Waals surface area contributed by atoms with Crippen LogP contribution in [0.25, 0.3) is 10.9 Å². The maximum Gasteiger partial charge on any atom is 0.272 e. The molecule has 6 nitrogen and oxygen atoms in total. The molecule has 1 N–H and O–H groups in total. The summed E-state index contributed by atoms with van der Waals surface area (Å²) in [5.74, 6) is 0.482. The Kier molecular flexibility index (Phi) is 6.70. The van der Waals surface area contributed by atoms with Gasteiger partial charge in [-0.25, -0.2) is 0 Å². The first kappa shape index (κ1) is 24.7. The van der Waals surface area contributed by atoms with Crippen LogP contribution in [0.5, 0.6) is 5.75 Å². The van der Waals surface area contributed by atoms with Crippen LogP contribution in [-0.2, 0) is 23.4 Å². The molecule has 0 saturated heterocycles. The van der Waals surface area contributed by atoms with Crippen LogP contribution in [0.3, 0.4) is 0 Å². The zero-order valence-electron chi connectivity index (χ0n) is 21.7. The number of benzene rings is 2. The van der Waals surface area contributed by atoms with E-state index in [1.165, 1.54) is 12.8 Å².